The zero-order valence-corrected chi connectivity index (χ0v) is 10.8. The maximum atomic E-state index is 11.5. The molecular weight excluding hydrogens is 264 g/mol. The number of carboxylic acids is 1. The van der Waals surface area contributed by atoms with Crippen molar-refractivity contribution in [3.05, 3.63) is 17.0 Å². The number of aliphatic carboxylic acids is 1. The van der Waals surface area contributed by atoms with Crippen molar-refractivity contribution >= 4 is 23.7 Å². The van der Waals surface area contributed by atoms with E-state index >= 15 is 0 Å². The van der Waals surface area contributed by atoms with Gasteiger partial charge in [-0.25, -0.2) is 9.59 Å². The Morgan fingerprint density at radius 3 is 2.56 bits per heavy atom. The second kappa shape index (κ2) is 5.26. The molecule has 0 aliphatic heterocycles. The lowest BCUT2D eigenvalue weighted by molar-refractivity contribution is -0.140. The minimum Gasteiger partial charge on any atom is -0.479 e. The summed E-state index contributed by atoms with van der Waals surface area (Å²) in [6, 6.07) is -0.197. The van der Waals surface area contributed by atoms with E-state index in [1.807, 2.05) is 0 Å². The van der Waals surface area contributed by atoms with Crippen LogP contribution >= 0.6 is 11.6 Å². The summed E-state index contributed by atoms with van der Waals surface area (Å²) in [5.74, 6) is -1.40. The molecule has 2 N–H and O–H groups in total. The minimum absolute atomic E-state index is 0.00207. The van der Waals surface area contributed by atoms with Crippen LogP contribution in [0.25, 0.3) is 0 Å². The van der Waals surface area contributed by atoms with Crippen LogP contribution in [0.3, 0.4) is 0 Å². The summed E-state index contributed by atoms with van der Waals surface area (Å²) >= 11 is 5.51. The topological polar surface area (TPSA) is 102 Å². The largest absolute Gasteiger partial charge is 0.479 e. The number of rotatable bonds is 3. The Morgan fingerprint density at radius 2 is 2.17 bits per heavy atom. The van der Waals surface area contributed by atoms with Crippen molar-refractivity contribution in [1.29, 1.82) is 0 Å². The highest BCUT2D eigenvalue weighted by atomic mass is 35.5. The summed E-state index contributed by atoms with van der Waals surface area (Å²) in [6.45, 7) is 4.98. The van der Waals surface area contributed by atoms with E-state index in [0.717, 1.165) is 0 Å². The monoisotopic (exact) mass is 276 g/mol. The average molecular weight is 277 g/mol. The fraction of sp³-hybridized carbons (Fsp3) is 0.500. The number of hydrogen-bond acceptors (Lipinski definition) is 5. The Balaban J connectivity index is 2.76. The second-order valence-electron chi connectivity index (χ2n) is 4.47. The molecule has 0 aromatic carbocycles. The van der Waals surface area contributed by atoms with Crippen molar-refractivity contribution < 1.29 is 24.0 Å². The van der Waals surface area contributed by atoms with Gasteiger partial charge in [-0.1, -0.05) is 16.8 Å². The second-order valence-corrected chi connectivity index (χ2v) is 4.86. The van der Waals surface area contributed by atoms with E-state index in [1.165, 1.54) is 6.07 Å². The van der Waals surface area contributed by atoms with Gasteiger partial charge in [-0.05, 0) is 20.8 Å². The molecular formula is C10H13ClN2O5. The molecule has 0 aliphatic carbocycles. The zero-order chi connectivity index (χ0) is 13.9. The highest BCUT2D eigenvalue weighted by Crippen LogP contribution is 2.18. The number of aromatic nitrogens is 1. The first-order chi connectivity index (χ1) is 8.19. The minimum atomic E-state index is -1.40. The van der Waals surface area contributed by atoms with Gasteiger partial charge in [-0.2, -0.15) is 0 Å². The molecule has 8 heteroatoms. The third-order valence-corrected chi connectivity index (χ3v) is 1.87. The third kappa shape index (κ3) is 4.25. The fourth-order valence-corrected chi connectivity index (χ4v) is 1.22. The predicted molar refractivity (Wildman–Crippen MR) is 61.3 cm³/mol. The van der Waals surface area contributed by atoms with Crippen molar-refractivity contribution in [2.24, 2.45) is 0 Å². The molecule has 1 unspecified atom stereocenters. The predicted octanol–water partition coefficient (Wildman–Crippen LogP) is 1.98. The molecule has 1 atom stereocenters. The molecule has 7 nitrogen and oxygen atoms in total. The summed E-state index contributed by atoms with van der Waals surface area (Å²) in [5.41, 5.74) is -0.730. The van der Waals surface area contributed by atoms with Crippen LogP contribution < -0.4 is 5.32 Å². The summed E-state index contributed by atoms with van der Waals surface area (Å²) in [6.07, 6.45) is -0.873. The van der Waals surface area contributed by atoms with Gasteiger partial charge in [0, 0.05) is 6.07 Å². The van der Waals surface area contributed by atoms with Gasteiger partial charge >= 0.3 is 12.1 Å². The van der Waals surface area contributed by atoms with Crippen LogP contribution in [0.15, 0.2) is 10.6 Å². The van der Waals surface area contributed by atoms with Gasteiger partial charge in [0.15, 0.2) is 17.0 Å². The van der Waals surface area contributed by atoms with Crippen LogP contribution in [0.2, 0.25) is 5.15 Å². The first kappa shape index (κ1) is 14.3. The SMILES string of the molecule is CC(C)(C)OC(=O)NC(C(=O)O)c1cc(Cl)no1. The van der Waals surface area contributed by atoms with Crippen molar-refractivity contribution in [2.75, 3.05) is 0 Å². The van der Waals surface area contributed by atoms with Gasteiger partial charge in [0.1, 0.15) is 5.60 Å². The molecule has 0 radical (unpaired) electrons. The summed E-state index contributed by atoms with van der Waals surface area (Å²) in [4.78, 5) is 22.5. The first-order valence-electron chi connectivity index (χ1n) is 5.03. The Morgan fingerprint density at radius 1 is 1.56 bits per heavy atom. The van der Waals surface area contributed by atoms with E-state index in [4.69, 9.17) is 21.4 Å². The molecule has 100 valence electrons. The number of carbonyl (C=O) groups is 2. The lowest BCUT2D eigenvalue weighted by atomic mass is 10.2. The summed E-state index contributed by atoms with van der Waals surface area (Å²) < 4.78 is 9.62. The molecule has 0 aliphatic rings. The van der Waals surface area contributed by atoms with E-state index in [-0.39, 0.29) is 10.9 Å². The summed E-state index contributed by atoms with van der Waals surface area (Å²) in [7, 11) is 0. The summed E-state index contributed by atoms with van der Waals surface area (Å²) in [5, 5.41) is 14.5. The van der Waals surface area contributed by atoms with E-state index < -0.39 is 23.7 Å². The van der Waals surface area contributed by atoms with Gasteiger partial charge in [-0.3, -0.25) is 0 Å². The lowest BCUT2D eigenvalue weighted by Gasteiger charge is -2.21. The molecule has 1 aromatic rings. The quantitative estimate of drug-likeness (QED) is 0.875. The molecule has 0 fully saturated rings. The van der Waals surface area contributed by atoms with E-state index in [0.29, 0.717) is 0 Å². The highest BCUT2D eigenvalue weighted by Gasteiger charge is 2.28. The number of amides is 1. The maximum absolute atomic E-state index is 11.5. The van der Waals surface area contributed by atoms with Crippen molar-refractivity contribution in [2.45, 2.75) is 32.4 Å². The van der Waals surface area contributed by atoms with Crippen molar-refractivity contribution in [3.63, 3.8) is 0 Å². The van der Waals surface area contributed by atoms with E-state index in [1.54, 1.807) is 20.8 Å². The van der Waals surface area contributed by atoms with Crippen molar-refractivity contribution in [1.82, 2.24) is 10.5 Å². The van der Waals surface area contributed by atoms with Crippen LogP contribution in [0.5, 0.6) is 0 Å². The normalized spacial score (nSPS) is 12.9. The van der Waals surface area contributed by atoms with Crippen LogP contribution in [0.1, 0.15) is 32.6 Å². The van der Waals surface area contributed by atoms with Crippen LogP contribution in [-0.2, 0) is 9.53 Å². The molecule has 1 rings (SSSR count). The van der Waals surface area contributed by atoms with Crippen molar-refractivity contribution in [3.8, 4) is 0 Å². The van der Waals surface area contributed by atoms with Gasteiger partial charge in [0.05, 0.1) is 0 Å². The lowest BCUT2D eigenvalue weighted by Crippen LogP contribution is -2.37. The third-order valence-electron chi connectivity index (χ3n) is 1.69. The standard InChI is InChI=1S/C10H13ClN2O5/c1-10(2,3)17-9(16)12-7(8(14)15)5-4-6(11)13-18-5/h4,7H,1-3H3,(H,12,16)(H,14,15). The number of hydrogen-bond donors (Lipinski definition) is 2. The zero-order valence-electron chi connectivity index (χ0n) is 10.1. The Labute approximate surface area is 108 Å². The van der Waals surface area contributed by atoms with Gasteiger partial charge in [0.25, 0.3) is 0 Å². The number of carbonyl (C=O) groups excluding carboxylic acids is 1. The van der Waals surface area contributed by atoms with Gasteiger partial charge in [-0.15, -0.1) is 0 Å². The van der Waals surface area contributed by atoms with Crippen LogP contribution in [0.4, 0.5) is 4.79 Å². The van der Waals surface area contributed by atoms with E-state index in [9.17, 15) is 9.59 Å². The molecule has 1 heterocycles. The van der Waals surface area contributed by atoms with Crippen LogP contribution in [-0.4, -0.2) is 27.9 Å². The molecule has 0 saturated carbocycles. The Bertz CT molecular complexity index is 451. The molecule has 1 amide bonds. The highest BCUT2D eigenvalue weighted by molar-refractivity contribution is 6.29. The average Bonchev–Trinajstić information content (AvgIpc) is 2.57. The van der Waals surface area contributed by atoms with Gasteiger partial charge in [0.2, 0.25) is 0 Å². The number of nitrogens with one attached hydrogen (secondary N) is 1. The smallest absolute Gasteiger partial charge is 0.408 e. The number of halogens is 1. The number of ether oxygens (including phenoxy) is 1. The molecule has 0 spiro atoms. The Kier molecular flexibility index (Phi) is 4.18. The number of alkyl carbamates (subject to hydrolysis) is 1. The molecule has 0 saturated heterocycles. The molecule has 1 aromatic heterocycles. The number of nitrogens with zero attached hydrogens (tertiary/aromatic N) is 1. The van der Waals surface area contributed by atoms with E-state index in [2.05, 4.69) is 15.0 Å². The first-order valence-corrected chi connectivity index (χ1v) is 5.41. The molecule has 18 heavy (non-hydrogen) atoms. The van der Waals surface area contributed by atoms with Crippen LogP contribution in [0, 0.1) is 0 Å². The fourth-order valence-electron chi connectivity index (χ4n) is 1.08. The van der Waals surface area contributed by atoms with Gasteiger partial charge < -0.3 is 19.7 Å². The maximum Gasteiger partial charge on any atom is 0.408 e. The Hall–Kier alpha value is -1.76. The molecule has 0 bridgehead atoms. The number of carboxylic acid groups (broad SMARTS) is 1.